The Kier molecular flexibility index (Phi) is 8.11. The number of carboxylic acids is 1. The molecule has 2 rings (SSSR count). The van der Waals surface area contributed by atoms with Crippen LogP contribution in [0.3, 0.4) is 0 Å². The average Bonchev–Trinajstić information content (AvgIpc) is 3.06. The molecule has 4 heteroatoms. The van der Waals surface area contributed by atoms with Gasteiger partial charge in [0.25, 0.3) is 0 Å². The van der Waals surface area contributed by atoms with E-state index in [-0.39, 0.29) is 18.4 Å². The molecule has 2 aliphatic carbocycles. The highest BCUT2D eigenvalue weighted by Crippen LogP contribution is 2.47. The number of aliphatic carboxylic acids is 1. The van der Waals surface area contributed by atoms with E-state index < -0.39 is 12.1 Å². The summed E-state index contributed by atoms with van der Waals surface area (Å²) >= 11 is 0. The molecule has 3 N–H and O–H groups in total. The van der Waals surface area contributed by atoms with Gasteiger partial charge < -0.3 is 15.3 Å². The lowest BCUT2D eigenvalue weighted by atomic mass is 9.88. The fourth-order valence-corrected chi connectivity index (χ4v) is 4.47. The van der Waals surface area contributed by atoms with E-state index in [1.165, 1.54) is 5.57 Å². The number of allylic oxidation sites excluding steroid dienone is 4. The van der Waals surface area contributed by atoms with Crippen LogP contribution in [0, 0.1) is 23.7 Å². The van der Waals surface area contributed by atoms with Crippen LogP contribution in [0.25, 0.3) is 0 Å². The fourth-order valence-electron chi connectivity index (χ4n) is 4.47. The molecular weight excluding hydrogens is 328 g/mol. The van der Waals surface area contributed by atoms with Crippen molar-refractivity contribution in [2.45, 2.75) is 71.0 Å². The molecule has 0 heterocycles. The van der Waals surface area contributed by atoms with Gasteiger partial charge in [-0.25, -0.2) is 0 Å². The van der Waals surface area contributed by atoms with Crippen molar-refractivity contribution < 1.29 is 20.1 Å². The van der Waals surface area contributed by atoms with Crippen LogP contribution >= 0.6 is 0 Å². The first kappa shape index (κ1) is 20.9. The van der Waals surface area contributed by atoms with Crippen LogP contribution in [0.4, 0.5) is 0 Å². The maximum Gasteiger partial charge on any atom is 0.303 e. The number of aliphatic hydroxyl groups is 2. The zero-order chi connectivity index (χ0) is 19.1. The fraction of sp³-hybridized carbons (Fsp3) is 0.682. The first-order valence-electron chi connectivity index (χ1n) is 10.0. The Morgan fingerprint density at radius 2 is 2.19 bits per heavy atom. The Morgan fingerprint density at radius 1 is 1.42 bits per heavy atom. The summed E-state index contributed by atoms with van der Waals surface area (Å²) in [5.41, 5.74) is 1.24. The lowest BCUT2D eigenvalue weighted by Gasteiger charge is -2.19. The number of aliphatic hydroxyl groups excluding tert-OH is 2. The van der Waals surface area contributed by atoms with E-state index in [0.717, 1.165) is 32.1 Å². The first-order valence-corrected chi connectivity index (χ1v) is 10.0. The maximum absolute atomic E-state index is 10.6. The van der Waals surface area contributed by atoms with Crippen molar-refractivity contribution in [2.24, 2.45) is 23.7 Å². The minimum absolute atomic E-state index is 0.0947. The highest BCUT2D eigenvalue weighted by atomic mass is 16.4. The molecule has 0 amide bonds. The van der Waals surface area contributed by atoms with E-state index in [1.54, 1.807) is 0 Å². The molecule has 0 aliphatic heterocycles. The number of hydrogen-bond donors (Lipinski definition) is 3. The summed E-state index contributed by atoms with van der Waals surface area (Å²) in [7, 11) is 0. The standard InChI is InChI=1S/C22H34O4/c1-3-6-15(2)11-18(23)9-10-19-20-13-16(7-4-5-8-22(25)26)12-17(20)14-21(19)24/h4,7,9-10,12,15,17-21,23-24H,3,5-6,8,11,13-14H2,1-2H3,(H,25,26)/b7-4?,10-9-/t15?,17-,18+,19-,20-,21+/m0/s1. The topological polar surface area (TPSA) is 77.8 Å². The summed E-state index contributed by atoms with van der Waals surface area (Å²) in [6, 6.07) is 0. The zero-order valence-electron chi connectivity index (χ0n) is 16.1. The Labute approximate surface area is 157 Å². The van der Waals surface area contributed by atoms with Crippen LogP contribution in [-0.4, -0.2) is 33.5 Å². The van der Waals surface area contributed by atoms with Gasteiger partial charge in [-0.2, -0.15) is 0 Å². The lowest BCUT2D eigenvalue weighted by molar-refractivity contribution is -0.136. The van der Waals surface area contributed by atoms with Crippen molar-refractivity contribution in [3.8, 4) is 0 Å². The third-order valence-electron chi connectivity index (χ3n) is 5.74. The highest BCUT2D eigenvalue weighted by Gasteiger charge is 2.42. The first-order chi connectivity index (χ1) is 12.4. The molecule has 0 aromatic carbocycles. The van der Waals surface area contributed by atoms with Gasteiger partial charge in [-0.15, -0.1) is 0 Å². The second kappa shape index (κ2) is 10.1. The minimum atomic E-state index is -0.771. The van der Waals surface area contributed by atoms with Crippen molar-refractivity contribution in [2.75, 3.05) is 0 Å². The smallest absolute Gasteiger partial charge is 0.303 e. The van der Waals surface area contributed by atoms with E-state index in [1.807, 2.05) is 24.3 Å². The quantitative estimate of drug-likeness (QED) is 0.511. The Morgan fingerprint density at radius 3 is 2.88 bits per heavy atom. The van der Waals surface area contributed by atoms with Crippen molar-refractivity contribution in [3.05, 3.63) is 36.0 Å². The van der Waals surface area contributed by atoms with Gasteiger partial charge in [-0.1, -0.05) is 62.6 Å². The number of carbonyl (C=O) groups is 1. The Bertz CT molecular complexity index is 548. The van der Waals surface area contributed by atoms with Gasteiger partial charge in [0.1, 0.15) is 0 Å². The molecule has 0 aromatic rings. The summed E-state index contributed by atoms with van der Waals surface area (Å²) in [5.74, 6) is 0.608. The van der Waals surface area contributed by atoms with Gasteiger partial charge in [0.2, 0.25) is 0 Å². The van der Waals surface area contributed by atoms with Crippen LogP contribution in [0.2, 0.25) is 0 Å². The lowest BCUT2D eigenvalue weighted by Crippen LogP contribution is -2.18. The third-order valence-corrected chi connectivity index (χ3v) is 5.74. The van der Waals surface area contributed by atoms with Gasteiger partial charge >= 0.3 is 5.97 Å². The van der Waals surface area contributed by atoms with Crippen LogP contribution < -0.4 is 0 Å². The number of carboxylic acid groups (broad SMARTS) is 1. The normalized spacial score (nSPS) is 30.7. The molecule has 4 nitrogen and oxygen atoms in total. The molecule has 0 saturated heterocycles. The van der Waals surface area contributed by atoms with Gasteiger partial charge in [-0.05, 0) is 43.4 Å². The van der Waals surface area contributed by atoms with Crippen LogP contribution in [0.1, 0.15) is 58.8 Å². The van der Waals surface area contributed by atoms with Gasteiger partial charge in [0.15, 0.2) is 0 Å². The van der Waals surface area contributed by atoms with E-state index in [9.17, 15) is 15.0 Å². The number of hydrogen-bond acceptors (Lipinski definition) is 3. The molecule has 0 spiro atoms. The average molecular weight is 363 g/mol. The van der Waals surface area contributed by atoms with Gasteiger partial charge in [0, 0.05) is 12.3 Å². The van der Waals surface area contributed by atoms with Crippen molar-refractivity contribution in [1.29, 1.82) is 0 Å². The molecule has 0 aromatic heterocycles. The van der Waals surface area contributed by atoms with Gasteiger partial charge in [-0.3, -0.25) is 4.79 Å². The van der Waals surface area contributed by atoms with Gasteiger partial charge in [0.05, 0.1) is 12.2 Å². The molecule has 6 atom stereocenters. The number of fused-ring (bicyclic) bond motifs is 1. The van der Waals surface area contributed by atoms with E-state index in [0.29, 0.717) is 24.2 Å². The zero-order valence-corrected chi connectivity index (χ0v) is 16.1. The molecule has 26 heavy (non-hydrogen) atoms. The minimum Gasteiger partial charge on any atom is -0.481 e. The number of rotatable bonds is 10. The van der Waals surface area contributed by atoms with Crippen molar-refractivity contribution >= 4 is 5.97 Å². The van der Waals surface area contributed by atoms with Crippen molar-refractivity contribution in [3.63, 3.8) is 0 Å². The summed E-state index contributed by atoms with van der Waals surface area (Å²) in [5, 5.41) is 29.3. The van der Waals surface area contributed by atoms with Crippen LogP contribution in [-0.2, 0) is 4.79 Å². The molecule has 1 unspecified atom stereocenters. The highest BCUT2D eigenvalue weighted by molar-refractivity contribution is 5.66. The second-order valence-electron chi connectivity index (χ2n) is 8.07. The largest absolute Gasteiger partial charge is 0.481 e. The summed E-state index contributed by atoms with van der Waals surface area (Å²) < 4.78 is 0. The predicted molar refractivity (Wildman–Crippen MR) is 104 cm³/mol. The summed E-state index contributed by atoms with van der Waals surface area (Å²) in [6.45, 7) is 4.33. The van der Waals surface area contributed by atoms with E-state index in [4.69, 9.17) is 5.11 Å². The van der Waals surface area contributed by atoms with Crippen molar-refractivity contribution in [1.82, 2.24) is 0 Å². The summed E-state index contributed by atoms with van der Waals surface area (Å²) in [4.78, 5) is 10.6. The molecular formula is C22H34O4. The van der Waals surface area contributed by atoms with E-state index in [2.05, 4.69) is 19.9 Å². The monoisotopic (exact) mass is 362 g/mol. The SMILES string of the molecule is CCCC(C)C[C@H](O)/C=C\[C@H]1[C@H]2CC(C=CCCC(=O)O)=C[C@H]2C[C@H]1O. The Balaban J connectivity index is 1.86. The summed E-state index contributed by atoms with van der Waals surface area (Å²) in [6.07, 6.45) is 14.8. The van der Waals surface area contributed by atoms with Crippen LogP contribution in [0.15, 0.2) is 36.0 Å². The third kappa shape index (κ3) is 6.10. The maximum atomic E-state index is 10.6. The second-order valence-corrected chi connectivity index (χ2v) is 8.07. The Hall–Kier alpha value is -1.39. The molecule has 0 radical (unpaired) electrons. The van der Waals surface area contributed by atoms with Crippen LogP contribution in [0.5, 0.6) is 0 Å². The molecule has 1 fully saturated rings. The molecule has 2 aliphatic rings. The molecule has 0 bridgehead atoms. The predicted octanol–water partition coefficient (Wildman–Crippen LogP) is 4.09. The molecule has 146 valence electrons. The molecule has 1 saturated carbocycles. The van der Waals surface area contributed by atoms with E-state index >= 15 is 0 Å².